The van der Waals surface area contributed by atoms with Crippen LogP contribution in [0.2, 0.25) is 0 Å². The van der Waals surface area contributed by atoms with Gasteiger partial charge in [-0.05, 0) is 12.8 Å². The van der Waals surface area contributed by atoms with E-state index in [2.05, 4.69) is 13.6 Å². The van der Waals surface area contributed by atoms with Crippen LogP contribution in [-0.2, 0) is 4.52 Å². The van der Waals surface area contributed by atoms with Gasteiger partial charge >= 0.3 is 0 Å². The minimum Gasteiger partial charge on any atom is -0.363 e. The summed E-state index contributed by atoms with van der Waals surface area (Å²) in [7, 11) is 1.70. The van der Waals surface area contributed by atoms with Crippen molar-refractivity contribution in [2.24, 2.45) is 0 Å². The highest BCUT2D eigenvalue weighted by atomic mass is 31.1. The van der Waals surface area contributed by atoms with E-state index in [1.807, 2.05) is 0 Å². The molecule has 0 aromatic heterocycles. The van der Waals surface area contributed by atoms with Crippen LogP contribution >= 0.6 is 8.15 Å². The molecular weight excluding hydrogens is 107 g/mol. The number of hydrogen-bond acceptors (Lipinski definition) is 1. The standard InChI is InChI=1S/C5H13OP/c1-4-5-7(3)6-2/h4-5H2,1-3H3. The lowest BCUT2D eigenvalue weighted by molar-refractivity contribution is 0.464. The highest BCUT2D eigenvalue weighted by molar-refractivity contribution is 7.51. The van der Waals surface area contributed by atoms with Crippen molar-refractivity contribution in [2.45, 2.75) is 13.3 Å². The van der Waals surface area contributed by atoms with Crippen molar-refractivity contribution in [2.75, 3.05) is 19.9 Å². The van der Waals surface area contributed by atoms with E-state index in [1.165, 1.54) is 12.6 Å². The Bertz CT molecular complexity index is 39.1. The average Bonchev–Trinajstić information content (AvgIpc) is 1.68. The van der Waals surface area contributed by atoms with Crippen molar-refractivity contribution in [1.82, 2.24) is 0 Å². The third-order valence-corrected chi connectivity index (χ3v) is 2.55. The van der Waals surface area contributed by atoms with Crippen LogP contribution in [0.3, 0.4) is 0 Å². The molecule has 0 rings (SSSR count). The van der Waals surface area contributed by atoms with Gasteiger partial charge in [-0.2, -0.15) is 0 Å². The Balaban J connectivity index is 2.83. The zero-order chi connectivity index (χ0) is 5.70. The summed E-state index contributed by atoms with van der Waals surface area (Å²) in [5.41, 5.74) is 0. The zero-order valence-corrected chi connectivity index (χ0v) is 6.16. The maximum Gasteiger partial charge on any atom is 0.0398 e. The Morgan fingerprint density at radius 2 is 2.14 bits per heavy atom. The van der Waals surface area contributed by atoms with E-state index >= 15 is 0 Å². The number of rotatable bonds is 3. The van der Waals surface area contributed by atoms with Gasteiger partial charge in [0.1, 0.15) is 0 Å². The smallest absolute Gasteiger partial charge is 0.0398 e. The molecule has 1 atom stereocenters. The lowest BCUT2D eigenvalue weighted by atomic mass is 10.6. The van der Waals surface area contributed by atoms with Gasteiger partial charge in [-0.15, -0.1) is 0 Å². The van der Waals surface area contributed by atoms with E-state index < -0.39 is 0 Å². The van der Waals surface area contributed by atoms with Gasteiger partial charge in [0.05, 0.1) is 0 Å². The van der Waals surface area contributed by atoms with Crippen molar-refractivity contribution in [3.05, 3.63) is 0 Å². The molecule has 0 aliphatic carbocycles. The minimum atomic E-state index is -0.0784. The molecule has 0 aliphatic heterocycles. The van der Waals surface area contributed by atoms with Crippen LogP contribution in [0.15, 0.2) is 0 Å². The average molecular weight is 120 g/mol. The van der Waals surface area contributed by atoms with Gasteiger partial charge in [0.25, 0.3) is 0 Å². The first-order valence-electron chi connectivity index (χ1n) is 2.56. The maximum absolute atomic E-state index is 5.06. The molecule has 0 spiro atoms. The molecule has 44 valence electrons. The van der Waals surface area contributed by atoms with E-state index in [-0.39, 0.29) is 8.15 Å². The van der Waals surface area contributed by atoms with Crippen molar-refractivity contribution in [1.29, 1.82) is 0 Å². The van der Waals surface area contributed by atoms with Crippen LogP contribution in [0.5, 0.6) is 0 Å². The molecular formula is C5H13OP. The Kier molecular flexibility index (Phi) is 4.80. The summed E-state index contributed by atoms with van der Waals surface area (Å²) in [6.07, 6.45) is 2.49. The van der Waals surface area contributed by atoms with Crippen LogP contribution in [0, 0.1) is 0 Å². The van der Waals surface area contributed by atoms with Crippen molar-refractivity contribution >= 4 is 8.15 Å². The Labute approximate surface area is 46.9 Å². The van der Waals surface area contributed by atoms with Gasteiger partial charge < -0.3 is 4.52 Å². The summed E-state index contributed by atoms with van der Waals surface area (Å²) in [4.78, 5) is 0. The largest absolute Gasteiger partial charge is 0.363 e. The normalized spacial score (nSPS) is 14.1. The van der Waals surface area contributed by atoms with Crippen LogP contribution in [0.1, 0.15) is 13.3 Å². The third kappa shape index (κ3) is 4.24. The second kappa shape index (κ2) is 4.55. The summed E-state index contributed by atoms with van der Waals surface area (Å²) in [5, 5.41) is 0. The lowest BCUT2D eigenvalue weighted by Crippen LogP contribution is -1.80. The van der Waals surface area contributed by atoms with Crippen molar-refractivity contribution in [3.63, 3.8) is 0 Å². The van der Waals surface area contributed by atoms with Crippen LogP contribution in [-0.4, -0.2) is 19.9 Å². The highest BCUT2D eigenvalue weighted by Gasteiger charge is 1.92. The van der Waals surface area contributed by atoms with Gasteiger partial charge in [0.15, 0.2) is 0 Å². The quantitative estimate of drug-likeness (QED) is 0.518. The van der Waals surface area contributed by atoms with Gasteiger partial charge in [0.2, 0.25) is 0 Å². The van der Waals surface area contributed by atoms with Crippen molar-refractivity contribution < 1.29 is 4.52 Å². The fourth-order valence-corrected chi connectivity index (χ4v) is 1.22. The molecule has 2 heteroatoms. The van der Waals surface area contributed by atoms with Gasteiger partial charge in [0, 0.05) is 15.3 Å². The van der Waals surface area contributed by atoms with Crippen LogP contribution in [0.25, 0.3) is 0 Å². The number of hydrogen-bond donors (Lipinski definition) is 0. The van der Waals surface area contributed by atoms with E-state index in [0.717, 1.165) is 0 Å². The maximum atomic E-state index is 5.06. The molecule has 0 fully saturated rings. The first kappa shape index (κ1) is 7.39. The SMILES string of the molecule is CCCP(C)OC. The molecule has 0 aromatic carbocycles. The minimum absolute atomic E-state index is 0.0784. The van der Waals surface area contributed by atoms with E-state index in [9.17, 15) is 0 Å². The molecule has 0 bridgehead atoms. The molecule has 1 nitrogen and oxygen atoms in total. The van der Waals surface area contributed by atoms with E-state index in [4.69, 9.17) is 4.52 Å². The molecule has 0 heterocycles. The molecule has 0 saturated carbocycles. The monoisotopic (exact) mass is 120 g/mol. The predicted molar refractivity (Wildman–Crippen MR) is 35.0 cm³/mol. The highest BCUT2D eigenvalue weighted by Crippen LogP contribution is 2.30. The molecule has 7 heavy (non-hydrogen) atoms. The summed E-state index contributed by atoms with van der Waals surface area (Å²) in [5.74, 6) is 0. The second-order valence-electron chi connectivity index (χ2n) is 1.53. The summed E-state index contributed by atoms with van der Waals surface area (Å²) in [6, 6.07) is 0. The molecule has 0 radical (unpaired) electrons. The summed E-state index contributed by atoms with van der Waals surface area (Å²) >= 11 is 0. The zero-order valence-electron chi connectivity index (χ0n) is 5.27. The van der Waals surface area contributed by atoms with Crippen molar-refractivity contribution in [3.8, 4) is 0 Å². The molecule has 0 N–H and O–H groups in total. The second-order valence-corrected chi connectivity index (χ2v) is 3.60. The van der Waals surface area contributed by atoms with Gasteiger partial charge in [-0.1, -0.05) is 13.3 Å². The molecule has 1 unspecified atom stereocenters. The first-order chi connectivity index (χ1) is 3.31. The molecule has 0 aromatic rings. The third-order valence-electron chi connectivity index (χ3n) is 0.850. The van der Waals surface area contributed by atoms with E-state index in [0.29, 0.717) is 0 Å². The summed E-state index contributed by atoms with van der Waals surface area (Å²) in [6.45, 7) is 4.33. The van der Waals surface area contributed by atoms with E-state index in [1.54, 1.807) is 7.11 Å². The Morgan fingerprint density at radius 1 is 1.57 bits per heavy atom. The fraction of sp³-hybridized carbons (Fsp3) is 1.00. The van der Waals surface area contributed by atoms with Crippen LogP contribution in [0.4, 0.5) is 0 Å². The van der Waals surface area contributed by atoms with Crippen LogP contribution < -0.4 is 0 Å². The first-order valence-corrected chi connectivity index (χ1v) is 4.45. The van der Waals surface area contributed by atoms with Gasteiger partial charge in [-0.25, -0.2) is 0 Å². The fourth-order valence-electron chi connectivity index (χ4n) is 0.406. The van der Waals surface area contributed by atoms with Gasteiger partial charge in [-0.3, -0.25) is 0 Å². The Hall–Kier alpha value is 0.390. The lowest BCUT2D eigenvalue weighted by Gasteiger charge is -2.04. The predicted octanol–water partition coefficient (Wildman–Crippen LogP) is 2.07. The Morgan fingerprint density at radius 3 is 2.29 bits per heavy atom. The summed E-state index contributed by atoms with van der Waals surface area (Å²) < 4.78 is 5.06. The topological polar surface area (TPSA) is 9.23 Å². The molecule has 0 saturated heterocycles. The molecule has 0 aliphatic rings. The molecule has 0 amide bonds.